The lowest BCUT2D eigenvalue weighted by atomic mass is 10.0. The van der Waals surface area contributed by atoms with Crippen LogP contribution in [0, 0.1) is 12.8 Å². The first-order valence-corrected chi connectivity index (χ1v) is 10.2. The smallest absolute Gasteiger partial charge is 0.260 e. The number of nitrogens with one attached hydrogen (secondary N) is 1. The van der Waals surface area contributed by atoms with E-state index in [0.29, 0.717) is 24.4 Å². The predicted molar refractivity (Wildman–Crippen MR) is 109 cm³/mol. The Balaban J connectivity index is 1.96. The second-order valence-electron chi connectivity index (χ2n) is 8.16. The van der Waals surface area contributed by atoms with E-state index in [9.17, 15) is 4.79 Å². The summed E-state index contributed by atoms with van der Waals surface area (Å²) < 4.78 is 11.5. The Hall–Kier alpha value is -1.59. The molecule has 1 saturated heterocycles. The van der Waals surface area contributed by atoms with Gasteiger partial charge in [-0.15, -0.1) is 0 Å². The maximum absolute atomic E-state index is 12.6. The monoisotopic (exact) mass is 376 g/mol. The van der Waals surface area contributed by atoms with Gasteiger partial charge in [-0.05, 0) is 42.9 Å². The largest absolute Gasteiger partial charge is 0.481 e. The topological polar surface area (TPSA) is 50.8 Å². The number of morpholine rings is 1. The molecular formula is C22H36N2O3. The number of carbonyl (C=O) groups is 1. The minimum atomic E-state index is -0.526. The van der Waals surface area contributed by atoms with Gasteiger partial charge < -0.3 is 14.8 Å². The van der Waals surface area contributed by atoms with Gasteiger partial charge in [0, 0.05) is 25.7 Å². The van der Waals surface area contributed by atoms with Crippen LogP contribution in [0.3, 0.4) is 0 Å². The number of nitrogens with zero attached hydrogens (tertiary/aromatic N) is 1. The molecule has 1 aliphatic heterocycles. The van der Waals surface area contributed by atoms with Gasteiger partial charge in [-0.3, -0.25) is 9.69 Å². The number of amides is 1. The van der Waals surface area contributed by atoms with E-state index in [-0.39, 0.29) is 5.91 Å². The second-order valence-corrected chi connectivity index (χ2v) is 8.16. The summed E-state index contributed by atoms with van der Waals surface area (Å²) in [5.74, 6) is 1.55. The van der Waals surface area contributed by atoms with Crippen LogP contribution in [0.4, 0.5) is 0 Å². The molecule has 152 valence electrons. The molecular weight excluding hydrogens is 340 g/mol. The average molecular weight is 377 g/mol. The van der Waals surface area contributed by atoms with Crippen molar-refractivity contribution in [1.29, 1.82) is 0 Å². The molecule has 5 nitrogen and oxygen atoms in total. The molecule has 0 saturated carbocycles. The van der Waals surface area contributed by atoms with Crippen LogP contribution in [0.1, 0.15) is 51.7 Å². The Morgan fingerprint density at radius 2 is 1.85 bits per heavy atom. The van der Waals surface area contributed by atoms with Gasteiger partial charge in [0.1, 0.15) is 5.75 Å². The zero-order chi connectivity index (χ0) is 20.0. The molecule has 2 atom stereocenters. The zero-order valence-electron chi connectivity index (χ0n) is 17.7. The van der Waals surface area contributed by atoms with Gasteiger partial charge in [0.05, 0.1) is 13.2 Å². The number of ether oxygens (including phenoxy) is 2. The van der Waals surface area contributed by atoms with Gasteiger partial charge in [0.2, 0.25) is 0 Å². The molecule has 0 aliphatic carbocycles. The molecule has 5 heteroatoms. The molecule has 1 aromatic rings. The molecule has 1 amide bonds. The summed E-state index contributed by atoms with van der Waals surface area (Å²) in [5.41, 5.74) is 2.27. The molecule has 1 fully saturated rings. The van der Waals surface area contributed by atoms with Crippen molar-refractivity contribution in [2.75, 3.05) is 32.8 Å². The third-order valence-electron chi connectivity index (χ3n) is 5.23. The van der Waals surface area contributed by atoms with E-state index >= 15 is 0 Å². The summed E-state index contributed by atoms with van der Waals surface area (Å²) in [5, 5.41) is 3.10. The van der Waals surface area contributed by atoms with Crippen molar-refractivity contribution in [3.63, 3.8) is 0 Å². The van der Waals surface area contributed by atoms with E-state index in [0.717, 1.165) is 43.2 Å². The predicted octanol–water partition coefficient (Wildman–Crippen LogP) is 3.36. The standard InChI is InChI=1S/C22H36N2O3/c1-15(2)19-8-7-17(5)13-21(19)27-18(6)22(25)23-14-20(16(3)4)24-9-11-26-12-10-24/h7-8,13,15-16,18,20H,9-12,14H2,1-6H3,(H,23,25). The summed E-state index contributed by atoms with van der Waals surface area (Å²) in [6.07, 6.45) is -0.526. The molecule has 2 unspecified atom stereocenters. The van der Waals surface area contributed by atoms with Crippen LogP contribution in [0.15, 0.2) is 18.2 Å². The molecule has 0 radical (unpaired) electrons. The van der Waals surface area contributed by atoms with Crippen LogP contribution in [0.25, 0.3) is 0 Å². The highest BCUT2D eigenvalue weighted by molar-refractivity contribution is 5.80. The lowest BCUT2D eigenvalue weighted by molar-refractivity contribution is -0.127. The fraction of sp³-hybridized carbons (Fsp3) is 0.682. The molecule has 0 spiro atoms. The highest BCUT2D eigenvalue weighted by Gasteiger charge is 2.25. The van der Waals surface area contributed by atoms with Crippen LogP contribution in [0.5, 0.6) is 5.75 Å². The summed E-state index contributed by atoms with van der Waals surface area (Å²) in [6.45, 7) is 16.5. The van der Waals surface area contributed by atoms with Gasteiger partial charge >= 0.3 is 0 Å². The van der Waals surface area contributed by atoms with Crippen LogP contribution in [0.2, 0.25) is 0 Å². The molecule has 0 bridgehead atoms. The lowest BCUT2D eigenvalue weighted by Gasteiger charge is -2.37. The van der Waals surface area contributed by atoms with Crippen molar-refractivity contribution in [3.8, 4) is 5.75 Å². The first-order valence-electron chi connectivity index (χ1n) is 10.2. The minimum absolute atomic E-state index is 0.0647. The molecule has 2 rings (SSSR count). The third kappa shape index (κ3) is 6.22. The van der Waals surface area contributed by atoms with Crippen molar-refractivity contribution < 1.29 is 14.3 Å². The Labute approximate surface area is 164 Å². The molecule has 0 aromatic heterocycles. The van der Waals surface area contributed by atoms with Gasteiger partial charge in [0.15, 0.2) is 6.10 Å². The highest BCUT2D eigenvalue weighted by Crippen LogP contribution is 2.28. The fourth-order valence-electron chi connectivity index (χ4n) is 3.51. The first kappa shape index (κ1) is 21.7. The lowest BCUT2D eigenvalue weighted by Crippen LogP contribution is -2.52. The molecule has 1 heterocycles. The van der Waals surface area contributed by atoms with Crippen LogP contribution in [-0.2, 0) is 9.53 Å². The van der Waals surface area contributed by atoms with Crippen molar-refractivity contribution in [2.24, 2.45) is 5.92 Å². The summed E-state index contributed by atoms with van der Waals surface area (Å²) >= 11 is 0. The molecule has 1 aromatic carbocycles. The maximum Gasteiger partial charge on any atom is 0.260 e. The summed E-state index contributed by atoms with van der Waals surface area (Å²) in [7, 11) is 0. The van der Waals surface area contributed by atoms with Crippen LogP contribution >= 0.6 is 0 Å². The van der Waals surface area contributed by atoms with Crippen LogP contribution < -0.4 is 10.1 Å². The van der Waals surface area contributed by atoms with E-state index in [1.54, 1.807) is 0 Å². The van der Waals surface area contributed by atoms with Crippen molar-refractivity contribution >= 4 is 5.91 Å². The Morgan fingerprint density at radius 3 is 2.44 bits per heavy atom. The molecule has 1 aliphatic rings. The second kappa shape index (κ2) is 10.1. The van der Waals surface area contributed by atoms with E-state index in [2.05, 4.69) is 50.0 Å². The number of aryl methyl sites for hydroxylation is 1. The van der Waals surface area contributed by atoms with Crippen LogP contribution in [-0.4, -0.2) is 55.8 Å². The number of rotatable bonds is 8. The van der Waals surface area contributed by atoms with Crippen molar-refractivity contribution in [2.45, 2.75) is 59.6 Å². The Bertz CT molecular complexity index is 610. The molecule has 1 N–H and O–H groups in total. The van der Waals surface area contributed by atoms with E-state index in [1.807, 2.05) is 19.9 Å². The quantitative estimate of drug-likeness (QED) is 0.756. The Morgan fingerprint density at radius 1 is 1.19 bits per heavy atom. The fourth-order valence-corrected chi connectivity index (χ4v) is 3.51. The van der Waals surface area contributed by atoms with E-state index < -0.39 is 6.10 Å². The normalized spacial score (nSPS) is 17.8. The van der Waals surface area contributed by atoms with Crippen molar-refractivity contribution in [3.05, 3.63) is 29.3 Å². The van der Waals surface area contributed by atoms with Gasteiger partial charge in [-0.2, -0.15) is 0 Å². The summed E-state index contributed by atoms with van der Waals surface area (Å²) in [4.78, 5) is 15.1. The maximum atomic E-state index is 12.6. The zero-order valence-corrected chi connectivity index (χ0v) is 17.7. The Kier molecular flexibility index (Phi) is 8.11. The third-order valence-corrected chi connectivity index (χ3v) is 5.23. The summed E-state index contributed by atoms with van der Waals surface area (Å²) in [6, 6.07) is 6.51. The highest BCUT2D eigenvalue weighted by atomic mass is 16.5. The molecule has 27 heavy (non-hydrogen) atoms. The number of hydrogen-bond donors (Lipinski definition) is 1. The van der Waals surface area contributed by atoms with Gasteiger partial charge in [-0.1, -0.05) is 39.8 Å². The van der Waals surface area contributed by atoms with Gasteiger partial charge in [0.25, 0.3) is 5.91 Å². The number of benzene rings is 1. The first-order chi connectivity index (χ1) is 12.8. The SMILES string of the molecule is Cc1ccc(C(C)C)c(OC(C)C(=O)NCC(C(C)C)N2CCOCC2)c1. The van der Waals surface area contributed by atoms with Crippen molar-refractivity contribution in [1.82, 2.24) is 10.2 Å². The number of carbonyl (C=O) groups excluding carboxylic acids is 1. The average Bonchev–Trinajstić information content (AvgIpc) is 2.62. The van der Waals surface area contributed by atoms with Gasteiger partial charge in [-0.25, -0.2) is 0 Å². The number of hydrogen-bond acceptors (Lipinski definition) is 4. The van der Waals surface area contributed by atoms with E-state index in [4.69, 9.17) is 9.47 Å². The van der Waals surface area contributed by atoms with E-state index in [1.165, 1.54) is 0 Å². The minimum Gasteiger partial charge on any atom is -0.481 e.